The second-order valence-corrected chi connectivity index (χ2v) is 5.64. The average molecular weight is 292 g/mol. The number of thiocarbonyl (C=S) groups is 1. The topological polar surface area (TPSA) is 46.3 Å². The Labute approximate surface area is 127 Å². The van der Waals surface area contributed by atoms with E-state index in [0.29, 0.717) is 13.0 Å². The number of hydrogen-bond donors (Lipinski definition) is 1. The second-order valence-electron chi connectivity index (χ2n) is 5.20. The highest BCUT2D eigenvalue weighted by Gasteiger charge is 2.38. The number of nitrogens with two attached hydrogens (primary N) is 1. The Hall–Kier alpha value is -1.42. The van der Waals surface area contributed by atoms with E-state index >= 15 is 0 Å². The molecule has 0 aromatic heterocycles. The predicted molar refractivity (Wildman–Crippen MR) is 88.9 cm³/mol. The fraction of sp³-hybridized carbons (Fsp3) is 0.500. The van der Waals surface area contributed by atoms with Crippen molar-refractivity contribution < 1.29 is 4.79 Å². The van der Waals surface area contributed by atoms with E-state index in [1.807, 2.05) is 49.1 Å². The van der Waals surface area contributed by atoms with Crippen molar-refractivity contribution in [2.45, 2.75) is 40.0 Å². The van der Waals surface area contributed by atoms with Gasteiger partial charge in [0.1, 0.15) is 0 Å². The summed E-state index contributed by atoms with van der Waals surface area (Å²) in [5.41, 5.74) is 5.94. The summed E-state index contributed by atoms with van der Waals surface area (Å²) in [5, 5.41) is 0. The Morgan fingerprint density at radius 3 is 2.35 bits per heavy atom. The molecule has 0 bridgehead atoms. The van der Waals surface area contributed by atoms with E-state index in [1.165, 1.54) is 0 Å². The van der Waals surface area contributed by atoms with Crippen LogP contribution in [0.3, 0.4) is 0 Å². The second kappa shape index (κ2) is 7.39. The molecule has 0 aliphatic heterocycles. The zero-order chi connectivity index (χ0) is 15.2. The maximum absolute atomic E-state index is 12.9. The van der Waals surface area contributed by atoms with Crippen LogP contribution in [0.5, 0.6) is 0 Å². The first-order valence-electron chi connectivity index (χ1n) is 7.14. The summed E-state index contributed by atoms with van der Waals surface area (Å²) in [6, 6.07) is 9.71. The van der Waals surface area contributed by atoms with Gasteiger partial charge in [-0.15, -0.1) is 0 Å². The summed E-state index contributed by atoms with van der Waals surface area (Å²) in [5.74, 6) is -0.00727. The molecule has 0 aliphatic rings. The molecule has 0 fully saturated rings. The van der Waals surface area contributed by atoms with Gasteiger partial charge in [0.25, 0.3) is 0 Å². The molecule has 1 unspecified atom stereocenters. The van der Waals surface area contributed by atoms with E-state index in [4.69, 9.17) is 18.0 Å². The van der Waals surface area contributed by atoms with E-state index in [9.17, 15) is 4.79 Å². The molecule has 0 radical (unpaired) electrons. The van der Waals surface area contributed by atoms with Gasteiger partial charge in [0.2, 0.25) is 5.91 Å². The number of hydrogen-bond acceptors (Lipinski definition) is 2. The van der Waals surface area contributed by atoms with Crippen molar-refractivity contribution in [1.29, 1.82) is 0 Å². The summed E-state index contributed by atoms with van der Waals surface area (Å²) in [4.78, 5) is 15.0. The maximum Gasteiger partial charge on any atom is 0.239 e. The van der Waals surface area contributed by atoms with Gasteiger partial charge in [0, 0.05) is 12.2 Å². The molecule has 1 rings (SSSR count). The molecule has 2 N–H and O–H groups in total. The van der Waals surface area contributed by atoms with Crippen LogP contribution in [0.1, 0.15) is 40.0 Å². The average Bonchev–Trinajstić information content (AvgIpc) is 2.47. The molecule has 1 amide bonds. The first-order chi connectivity index (χ1) is 9.47. The lowest BCUT2D eigenvalue weighted by molar-refractivity contribution is -0.124. The third-order valence-corrected chi connectivity index (χ3v) is 4.22. The monoisotopic (exact) mass is 292 g/mol. The fourth-order valence-electron chi connectivity index (χ4n) is 2.00. The summed E-state index contributed by atoms with van der Waals surface area (Å²) in [6.07, 6.45) is 2.60. The molecule has 3 nitrogen and oxygen atoms in total. The zero-order valence-corrected chi connectivity index (χ0v) is 13.4. The van der Waals surface area contributed by atoms with Gasteiger partial charge in [0.05, 0.1) is 10.4 Å². The molecule has 1 atom stereocenters. The standard InChI is InChI=1S/C16H24N2OS/c1-4-6-12-18(13-10-8-7-9-11-13)15(19)16(3,5-2)14(17)20/h7-11H,4-6,12H2,1-3H3,(H2,17,20). The van der Waals surface area contributed by atoms with Gasteiger partial charge in [0.15, 0.2) is 0 Å². The van der Waals surface area contributed by atoms with E-state index in [1.54, 1.807) is 0 Å². The minimum absolute atomic E-state index is 0.00727. The molecule has 1 aromatic carbocycles. The molecular weight excluding hydrogens is 268 g/mol. The van der Waals surface area contributed by atoms with Crippen LogP contribution < -0.4 is 10.6 Å². The number of unbranched alkanes of at least 4 members (excludes halogenated alkanes) is 1. The molecule has 0 saturated carbocycles. The lowest BCUT2D eigenvalue weighted by Gasteiger charge is -2.33. The molecule has 1 aromatic rings. The smallest absolute Gasteiger partial charge is 0.239 e. The highest BCUT2D eigenvalue weighted by Crippen LogP contribution is 2.28. The van der Waals surface area contributed by atoms with Gasteiger partial charge < -0.3 is 10.6 Å². The molecule has 0 saturated heterocycles. The number of benzene rings is 1. The number of anilines is 1. The summed E-state index contributed by atoms with van der Waals surface area (Å²) >= 11 is 5.12. The van der Waals surface area contributed by atoms with Crippen LogP contribution >= 0.6 is 12.2 Å². The van der Waals surface area contributed by atoms with E-state index < -0.39 is 5.41 Å². The minimum atomic E-state index is -0.779. The summed E-state index contributed by atoms with van der Waals surface area (Å²) in [7, 11) is 0. The van der Waals surface area contributed by atoms with Crippen LogP contribution in [0, 0.1) is 5.41 Å². The van der Waals surface area contributed by atoms with Crippen LogP contribution in [0.4, 0.5) is 5.69 Å². The number of amides is 1. The van der Waals surface area contributed by atoms with Crippen LogP contribution in [0.25, 0.3) is 0 Å². The predicted octanol–water partition coefficient (Wildman–Crippen LogP) is 3.52. The first kappa shape index (κ1) is 16.6. The van der Waals surface area contributed by atoms with Crippen molar-refractivity contribution in [2.75, 3.05) is 11.4 Å². The molecular formula is C16H24N2OS. The first-order valence-corrected chi connectivity index (χ1v) is 7.55. The Morgan fingerprint density at radius 1 is 1.30 bits per heavy atom. The van der Waals surface area contributed by atoms with E-state index in [2.05, 4.69) is 6.92 Å². The fourth-order valence-corrected chi connectivity index (χ4v) is 2.23. The Morgan fingerprint density at radius 2 is 1.90 bits per heavy atom. The van der Waals surface area contributed by atoms with Crippen molar-refractivity contribution >= 4 is 28.8 Å². The van der Waals surface area contributed by atoms with E-state index in [0.717, 1.165) is 18.5 Å². The third kappa shape index (κ3) is 3.57. The Kier molecular flexibility index (Phi) is 6.14. The lowest BCUT2D eigenvalue weighted by atomic mass is 9.85. The Balaban J connectivity index is 3.11. The highest BCUT2D eigenvalue weighted by molar-refractivity contribution is 7.80. The van der Waals surface area contributed by atoms with E-state index in [-0.39, 0.29) is 10.9 Å². The van der Waals surface area contributed by atoms with Gasteiger partial charge in [-0.2, -0.15) is 0 Å². The largest absolute Gasteiger partial charge is 0.392 e. The molecule has 0 aliphatic carbocycles. The van der Waals surface area contributed by atoms with Crippen LogP contribution in [-0.2, 0) is 4.79 Å². The molecule has 0 heterocycles. The summed E-state index contributed by atoms with van der Waals surface area (Å²) in [6.45, 7) is 6.58. The van der Waals surface area contributed by atoms with Crippen molar-refractivity contribution in [3.8, 4) is 0 Å². The number of nitrogens with zero attached hydrogens (tertiary/aromatic N) is 1. The number of para-hydroxylation sites is 1. The van der Waals surface area contributed by atoms with Crippen molar-refractivity contribution in [2.24, 2.45) is 11.1 Å². The summed E-state index contributed by atoms with van der Waals surface area (Å²) < 4.78 is 0. The van der Waals surface area contributed by atoms with Crippen LogP contribution in [-0.4, -0.2) is 17.4 Å². The number of carbonyl (C=O) groups is 1. The third-order valence-electron chi connectivity index (χ3n) is 3.77. The normalized spacial score (nSPS) is 13.6. The van der Waals surface area contributed by atoms with Crippen molar-refractivity contribution in [3.63, 3.8) is 0 Å². The lowest BCUT2D eigenvalue weighted by Crippen LogP contribution is -2.49. The van der Waals surface area contributed by atoms with Gasteiger partial charge in [-0.25, -0.2) is 0 Å². The van der Waals surface area contributed by atoms with Crippen molar-refractivity contribution in [1.82, 2.24) is 0 Å². The SMILES string of the molecule is CCCCN(C(=O)C(C)(CC)C(N)=S)c1ccccc1. The zero-order valence-electron chi connectivity index (χ0n) is 12.6. The highest BCUT2D eigenvalue weighted by atomic mass is 32.1. The molecule has 20 heavy (non-hydrogen) atoms. The molecule has 4 heteroatoms. The van der Waals surface area contributed by atoms with Gasteiger partial charge >= 0.3 is 0 Å². The number of rotatable bonds is 7. The van der Waals surface area contributed by atoms with Crippen molar-refractivity contribution in [3.05, 3.63) is 30.3 Å². The maximum atomic E-state index is 12.9. The van der Waals surface area contributed by atoms with Gasteiger partial charge in [-0.1, -0.05) is 50.7 Å². The van der Waals surface area contributed by atoms with Crippen LogP contribution in [0.2, 0.25) is 0 Å². The van der Waals surface area contributed by atoms with Crippen LogP contribution in [0.15, 0.2) is 30.3 Å². The van der Waals surface area contributed by atoms with Gasteiger partial charge in [-0.3, -0.25) is 4.79 Å². The quantitative estimate of drug-likeness (QED) is 0.782. The minimum Gasteiger partial charge on any atom is -0.392 e. The Bertz CT molecular complexity index is 461. The molecule has 0 spiro atoms. The van der Waals surface area contributed by atoms with Gasteiger partial charge in [-0.05, 0) is 31.9 Å². The molecule has 110 valence electrons. The number of carbonyl (C=O) groups excluding carboxylic acids is 1.